The Bertz CT molecular complexity index is 756. The molecule has 1 aliphatic rings. The molecule has 2 aromatic carbocycles. The SMILES string of the molecule is CC(C)CN1Cc2ccccc2C[C@H]1C(=O)Nc1c(F)cccc1F. The van der Waals surface area contributed by atoms with Gasteiger partial charge in [0.2, 0.25) is 5.91 Å². The first-order chi connectivity index (χ1) is 12.0. The largest absolute Gasteiger partial charge is 0.320 e. The highest BCUT2D eigenvalue weighted by Gasteiger charge is 2.32. The van der Waals surface area contributed by atoms with Crippen molar-refractivity contribution >= 4 is 11.6 Å². The minimum atomic E-state index is -0.764. The van der Waals surface area contributed by atoms with Crippen LogP contribution in [-0.2, 0) is 17.8 Å². The van der Waals surface area contributed by atoms with Crippen LogP contribution in [-0.4, -0.2) is 23.4 Å². The number of para-hydroxylation sites is 1. The Kier molecular flexibility index (Phi) is 5.13. The predicted octanol–water partition coefficient (Wildman–Crippen LogP) is 3.99. The zero-order valence-corrected chi connectivity index (χ0v) is 14.4. The van der Waals surface area contributed by atoms with Gasteiger partial charge in [-0.05, 0) is 35.6 Å². The smallest absolute Gasteiger partial charge is 0.242 e. The quantitative estimate of drug-likeness (QED) is 0.910. The lowest BCUT2D eigenvalue weighted by atomic mass is 9.92. The van der Waals surface area contributed by atoms with E-state index in [1.54, 1.807) is 0 Å². The maximum Gasteiger partial charge on any atom is 0.242 e. The number of anilines is 1. The summed E-state index contributed by atoms with van der Waals surface area (Å²) in [5.74, 6) is -1.52. The van der Waals surface area contributed by atoms with Crippen molar-refractivity contribution in [3.63, 3.8) is 0 Å². The van der Waals surface area contributed by atoms with Crippen LogP contribution in [0.3, 0.4) is 0 Å². The number of amides is 1. The number of nitrogens with zero attached hydrogens (tertiary/aromatic N) is 1. The molecule has 25 heavy (non-hydrogen) atoms. The summed E-state index contributed by atoms with van der Waals surface area (Å²) in [6.45, 7) is 5.58. The van der Waals surface area contributed by atoms with E-state index in [1.807, 2.05) is 18.2 Å². The van der Waals surface area contributed by atoms with Crippen molar-refractivity contribution in [1.29, 1.82) is 0 Å². The van der Waals surface area contributed by atoms with E-state index in [1.165, 1.54) is 11.6 Å². The van der Waals surface area contributed by atoms with Gasteiger partial charge < -0.3 is 5.32 Å². The fraction of sp³-hybridized carbons (Fsp3) is 0.350. The molecule has 3 rings (SSSR count). The van der Waals surface area contributed by atoms with Crippen LogP contribution in [0.5, 0.6) is 0 Å². The second kappa shape index (κ2) is 7.31. The zero-order valence-electron chi connectivity index (χ0n) is 14.4. The van der Waals surface area contributed by atoms with Crippen molar-refractivity contribution in [1.82, 2.24) is 4.90 Å². The van der Waals surface area contributed by atoms with E-state index in [4.69, 9.17) is 0 Å². The second-order valence-corrected chi connectivity index (χ2v) is 6.90. The molecule has 1 N–H and O–H groups in total. The highest BCUT2D eigenvalue weighted by Crippen LogP contribution is 2.26. The molecular weight excluding hydrogens is 322 g/mol. The standard InChI is InChI=1S/C20H22F2N2O/c1-13(2)11-24-12-15-7-4-3-6-14(15)10-18(24)20(25)23-19-16(21)8-5-9-17(19)22/h3-9,13,18H,10-12H2,1-2H3,(H,23,25)/t18-/m0/s1. The van der Waals surface area contributed by atoms with Gasteiger partial charge in [0.25, 0.3) is 0 Å². The molecule has 0 unspecified atom stereocenters. The average Bonchev–Trinajstić information content (AvgIpc) is 2.57. The highest BCUT2D eigenvalue weighted by molar-refractivity contribution is 5.95. The van der Waals surface area contributed by atoms with E-state index in [-0.39, 0.29) is 11.6 Å². The monoisotopic (exact) mass is 344 g/mol. The minimum Gasteiger partial charge on any atom is -0.320 e. The Morgan fingerprint density at radius 2 is 1.76 bits per heavy atom. The van der Waals surface area contributed by atoms with Crippen LogP contribution in [0.4, 0.5) is 14.5 Å². The lowest BCUT2D eigenvalue weighted by molar-refractivity contribution is -0.122. The first kappa shape index (κ1) is 17.5. The highest BCUT2D eigenvalue weighted by atomic mass is 19.1. The summed E-state index contributed by atoms with van der Waals surface area (Å²) in [5, 5.41) is 2.45. The molecule has 0 aromatic heterocycles. The van der Waals surface area contributed by atoms with Crippen LogP contribution in [0.25, 0.3) is 0 Å². The molecule has 5 heteroatoms. The summed E-state index contributed by atoms with van der Waals surface area (Å²) in [7, 11) is 0. The zero-order chi connectivity index (χ0) is 18.0. The average molecular weight is 344 g/mol. The fourth-order valence-corrected chi connectivity index (χ4v) is 3.32. The van der Waals surface area contributed by atoms with Crippen molar-refractivity contribution in [2.45, 2.75) is 32.9 Å². The molecule has 0 bridgehead atoms. The molecule has 3 nitrogen and oxygen atoms in total. The molecular formula is C20H22F2N2O. The van der Waals surface area contributed by atoms with Crippen LogP contribution in [0.1, 0.15) is 25.0 Å². The molecule has 0 radical (unpaired) electrons. The summed E-state index contributed by atoms with van der Waals surface area (Å²) in [6.07, 6.45) is 0.533. The van der Waals surface area contributed by atoms with E-state index in [2.05, 4.69) is 30.1 Å². The molecule has 132 valence electrons. The Morgan fingerprint density at radius 1 is 1.12 bits per heavy atom. The van der Waals surface area contributed by atoms with E-state index in [0.717, 1.165) is 24.2 Å². The van der Waals surface area contributed by atoms with Gasteiger partial charge >= 0.3 is 0 Å². The summed E-state index contributed by atoms with van der Waals surface area (Å²) in [4.78, 5) is 14.9. The Morgan fingerprint density at radius 3 is 2.40 bits per heavy atom. The molecule has 1 aliphatic heterocycles. The first-order valence-corrected chi connectivity index (χ1v) is 8.51. The third kappa shape index (κ3) is 3.87. The number of halogens is 2. The van der Waals surface area contributed by atoms with Gasteiger partial charge in [0, 0.05) is 13.1 Å². The number of carbonyl (C=O) groups excluding carboxylic acids is 1. The van der Waals surface area contributed by atoms with Crippen molar-refractivity contribution in [2.75, 3.05) is 11.9 Å². The molecule has 0 saturated heterocycles. The van der Waals surface area contributed by atoms with Crippen molar-refractivity contribution in [2.24, 2.45) is 5.92 Å². The number of rotatable bonds is 4. The molecule has 0 aliphatic carbocycles. The number of fused-ring (bicyclic) bond motifs is 1. The number of hydrogen-bond donors (Lipinski definition) is 1. The van der Waals surface area contributed by atoms with Gasteiger partial charge in [0.1, 0.15) is 17.3 Å². The van der Waals surface area contributed by atoms with Crippen LogP contribution in [0.15, 0.2) is 42.5 Å². The van der Waals surface area contributed by atoms with Gasteiger partial charge in [-0.25, -0.2) is 8.78 Å². The van der Waals surface area contributed by atoms with Gasteiger partial charge in [0.05, 0.1) is 6.04 Å². The van der Waals surface area contributed by atoms with Gasteiger partial charge in [0.15, 0.2) is 0 Å². The number of nitrogens with one attached hydrogen (secondary N) is 1. The third-order valence-electron chi connectivity index (χ3n) is 4.46. The molecule has 1 amide bonds. The summed E-state index contributed by atoms with van der Waals surface area (Å²) in [5.41, 5.74) is 1.93. The molecule has 1 heterocycles. The molecule has 0 saturated carbocycles. The molecule has 1 atom stereocenters. The third-order valence-corrected chi connectivity index (χ3v) is 4.46. The number of benzene rings is 2. The minimum absolute atomic E-state index is 0.376. The van der Waals surface area contributed by atoms with Gasteiger partial charge in [-0.2, -0.15) is 0 Å². The van der Waals surface area contributed by atoms with E-state index < -0.39 is 17.7 Å². The van der Waals surface area contributed by atoms with Gasteiger partial charge in [-0.15, -0.1) is 0 Å². The lowest BCUT2D eigenvalue weighted by Crippen LogP contribution is -2.49. The van der Waals surface area contributed by atoms with Crippen molar-refractivity contribution < 1.29 is 13.6 Å². The Hall–Kier alpha value is -2.27. The van der Waals surface area contributed by atoms with Gasteiger partial charge in [-0.3, -0.25) is 9.69 Å². The summed E-state index contributed by atoms with van der Waals surface area (Å²) in [6, 6.07) is 11.1. The maximum absolute atomic E-state index is 13.9. The number of carbonyl (C=O) groups is 1. The predicted molar refractivity (Wildman–Crippen MR) is 94.2 cm³/mol. The van der Waals surface area contributed by atoms with Crippen LogP contribution >= 0.6 is 0 Å². The lowest BCUT2D eigenvalue weighted by Gasteiger charge is -2.37. The number of hydrogen-bond acceptors (Lipinski definition) is 2. The van der Waals surface area contributed by atoms with Crippen LogP contribution in [0.2, 0.25) is 0 Å². The second-order valence-electron chi connectivity index (χ2n) is 6.90. The first-order valence-electron chi connectivity index (χ1n) is 8.51. The van der Waals surface area contributed by atoms with Gasteiger partial charge in [-0.1, -0.05) is 44.2 Å². The van der Waals surface area contributed by atoms with E-state index in [0.29, 0.717) is 18.9 Å². The normalized spacial score (nSPS) is 17.4. The Labute approximate surface area is 146 Å². The summed E-state index contributed by atoms with van der Waals surface area (Å²) >= 11 is 0. The summed E-state index contributed by atoms with van der Waals surface area (Å²) < 4.78 is 27.7. The van der Waals surface area contributed by atoms with Crippen LogP contribution in [0, 0.1) is 17.6 Å². The maximum atomic E-state index is 13.9. The topological polar surface area (TPSA) is 32.3 Å². The Balaban J connectivity index is 1.86. The van der Waals surface area contributed by atoms with Crippen LogP contribution < -0.4 is 5.32 Å². The molecule has 0 fully saturated rings. The van der Waals surface area contributed by atoms with E-state index in [9.17, 15) is 13.6 Å². The molecule has 0 spiro atoms. The fourth-order valence-electron chi connectivity index (χ4n) is 3.32. The van der Waals surface area contributed by atoms with E-state index >= 15 is 0 Å². The molecule has 2 aromatic rings. The van der Waals surface area contributed by atoms with Crippen molar-refractivity contribution in [3.8, 4) is 0 Å². The van der Waals surface area contributed by atoms with Crippen molar-refractivity contribution in [3.05, 3.63) is 65.2 Å².